The van der Waals surface area contributed by atoms with Crippen LogP contribution < -0.4 is 10.0 Å². The second-order valence-electron chi connectivity index (χ2n) is 5.76. The van der Waals surface area contributed by atoms with Gasteiger partial charge in [0.25, 0.3) is 15.9 Å². The number of sulfonamides is 1. The zero-order valence-corrected chi connectivity index (χ0v) is 16.0. The molecule has 0 aliphatic rings. The zero-order chi connectivity index (χ0) is 20.1. The summed E-state index contributed by atoms with van der Waals surface area (Å²) in [5.74, 6) is -0.965. The first kappa shape index (κ1) is 19.8. The maximum Gasteiger partial charge on any atom is 0.261 e. The summed E-state index contributed by atoms with van der Waals surface area (Å²) in [5.41, 5.74) is 0.940. The lowest BCUT2D eigenvalue weighted by molar-refractivity contribution is 0.0950. The number of aromatic nitrogens is 1. The van der Waals surface area contributed by atoms with E-state index in [0.29, 0.717) is 5.69 Å². The Balaban J connectivity index is 1.77. The van der Waals surface area contributed by atoms with E-state index in [-0.39, 0.29) is 27.7 Å². The van der Waals surface area contributed by atoms with Gasteiger partial charge in [-0.15, -0.1) is 0 Å². The van der Waals surface area contributed by atoms with E-state index in [1.165, 1.54) is 18.2 Å². The molecule has 1 heterocycles. The summed E-state index contributed by atoms with van der Waals surface area (Å²) < 4.78 is 40.2. The van der Waals surface area contributed by atoms with Crippen LogP contribution in [0.2, 0.25) is 5.02 Å². The van der Waals surface area contributed by atoms with Crippen LogP contribution in [0.5, 0.6) is 0 Å². The maximum absolute atomic E-state index is 13.0. The van der Waals surface area contributed by atoms with Crippen molar-refractivity contribution >= 4 is 33.2 Å². The molecule has 9 heteroatoms. The van der Waals surface area contributed by atoms with E-state index >= 15 is 0 Å². The zero-order valence-electron chi connectivity index (χ0n) is 14.4. The molecular weight excluding hydrogens is 405 g/mol. The average molecular weight is 420 g/mol. The number of nitrogens with zero attached hydrogens (tertiary/aromatic N) is 1. The minimum Gasteiger partial charge on any atom is -0.346 e. The molecule has 1 aromatic heterocycles. The van der Waals surface area contributed by atoms with Gasteiger partial charge in [0, 0.05) is 11.8 Å². The standard InChI is InChI=1S/C19H15ClFN3O3S/c20-17-9-4-13(19(25)23-12-15-3-1-2-10-22-15)11-18(17)24-28(26,27)16-7-5-14(21)6-8-16/h1-11,24H,12H2,(H,23,25). The summed E-state index contributed by atoms with van der Waals surface area (Å²) in [6.45, 7) is 0.221. The molecule has 6 nitrogen and oxygen atoms in total. The van der Waals surface area contributed by atoms with Crippen molar-refractivity contribution in [1.82, 2.24) is 10.3 Å². The van der Waals surface area contributed by atoms with E-state index in [9.17, 15) is 17.6 Å². The number of anilines is 1. The van der Waals surface area contributed by atoms with Crippen molar-refractivity contribution in [1.29, 1.82) is 0 Å². The fourth-order valence-electron chi connectivity index (χ4n) is 2.34. The van der Waals surface area contributed by atoms with Crippen molar-refractivity contribution in [2.75, 3.05) is 4.72 Å². The van der Waals surface area contributed by atoms with Crippen molar-refractivity contribution in [2.24, 2.45) is 0 Å². The summed E-state index contributed by atoms with van der Waals surface area (Å²) in [6.07, 6.45) is 1.62. The van der Waals surface area contributed by atoms with Crippen LogP contribution >= 0.6 is 11.6 Å². The lowest BCUT2D eigenvalue weighted by Crippen LogP contribution is -2.23. The highest BCUT2D eigenvalue weighted by molar-refractivity contribution is 7.92. The maximum atomic E-state index is 13.0. The number of carbonyl (C=O) groups is 1. The molecule has 2 aromatic carbocycles. The quantitative estimate of drug-likeness (QED) is 0.639. The highest BCUT2D eigenvalue weighted by Crippen LogP contribution is 2.26. The summed E-state index contributed by atoms with van der Waals surface area (Å²) in [4.78, 5) is 16.3. The molecule has 2 N–H and O–H groups in total. The van der Waals surface area contributed by atoms with Gasteiger partial charge in [0.15, 0.2) is 0 Å². The van der Waals surface area contributed by atoms with Gasteiger partial charge >= 0.3 is 0 Å². The Morgan fingerprint density at radius 2 is 1.82 bits per heavy atom. The Kier molecular flexibility index (Phi) is 5.91. The van der Waals surface area contributed by atoms with Gasteiger partial charge in [-0.2, -0.15) is 0 Å². The second-order valence-corrected chi connectivity index (χ2v) is 7.85. The number of carbonyl (C=O) groups excluding carboxylic acids is 1. The fourth-order valence-corrected chi connectivity index (χ4v) is 3.63. The van der Waals surface area contributed by atoms with E-state index < -0.39 is 21.7 Å². The number of amides is 1. The lowest BCUT2D eigenvalue weighted by Gasteiger charge is -2.12. The van der Waals surface area contributed by atoms with Crippen molar-refractivity contribution in [3.05, 3.63) is 89.0 Å². The molecule has 0 bridgehead atoms. The highest BCUT2D eigenvalue weighted by atomic mass is 35.5. The Labute approximate surface area is 166 Å². The van der Waals surface area contributed by atoms with Crippen molar-refractivity contribution in [2.45, 2.75) is 11.4 Å². The minimum atomic E-state index is -3.99. The molecule has 1 amide bonds. The molecule has 0 fully saturated rings. The number of nitrogens with one attached hydrogen (secondary N) is 2. The van der Waals surface area contributed by atoms with Crippen molar-refractivity contribution in [3.8, 4) is 0 Å². The van der Waals surface area contributed by atoms with Crippen molar-refractivity contribution in [3.63, 3.8) is 0 Å². The second kappa shape index (κ2) is 8.37. The molecular formula is C19H15ClFN3O3S. The number of halogens is 2. The summed E-state index contributed by atoms with van der Waals surface area (Å²) >= 11 is 6.06. The molecule has 3 aromatic rings. The van der Waals surface area contributed by atoms with Gasteiger partial charge in [-0.25, -0.2) is 12.8 Å². The molecule has 28 heavy (non-hydrogen) atoms. The molecule has 0 spiro atoms. The predicted molar refractivity (Wildman–Crippen MR) is 104 cm³/mol. The summed E-state index contributed by atoms with van der Waals surface area (Å²) in [6, 6.07) is 13.9. The normalized spacial score (nSPS) is 11.1. The highest BCUT2D eigenvalue weighted by Gasteiger charge is 2.17. The molecule has 0 saturated carbocycles. The largest absolute Gasteiger partial charge is 0.346 e. The van der Waals surface area contributed by atoms with Gasteiger partial charge in [0.2, 0.25) is 0 Å². The molecule has 0 saturated heterocycles. The van der Waals surface area contributed by atoms with Crippen LogP contribution in [0.25, 0.3) is 0 Å². The van der Waals surface area contributed by atoms with Crippen LogP contribution in [0.15, 0.2) is 71.8 Å². The van der Waals surface area contributed by atoms with Crippen LogP contribution in [0.4, 0.5) is 10.1 Å². The number of pyridine rings is 1. The van der Waals surface area contributed by atoms with Gasteiger partial charge in [0.05, 0.1) is 27.8 Å². The van der Waals surface area contributed by atoms with Gasteiger partial charge in [0.1, 0.15) is 5.82 Å². The van der Waals surface area contributed by atoms with Crippen molar-refractivity contribution < 1.29 is 17.6 Å². The third-order valence-corrected chi connectivity index (χ3v) is 5.46. The van der Waals surface area contributed by atoms with Crippen LogP contribution in [0, 0.1) is 5.82 Å². The molecule has 0 atom stereocenters. The first-order chi connectivity index (χ1) is 13.3. The molecule has 3 rings (SSSR count). The smallest absolute Gasteiger partial charge is 0.261 e. The Morgan fingerprint density at radius 3 is 2.50 bits per heavy atom. The Morgan fingerprint density at radius 1 is 1.07 bits per heavy atom. The van der Waals surface area contributed by atoms with E-state index in [1.807, 2.05) is 0 Å². The van der Waals surface area contributed by atoms with Gasteiger partial charge in [-0.05, 0) is 54.6 Å². The van der Waals surface area contributed by atoms with Crippen LogP contribution in [-0.2, 0) is 16.6 Å². The topological polar surface area (TPSA) is 88.2 Å². The van der Waals surface area contributed by atoms with Crippen LogP contribution in [-0.4, -0.2) is 19.3 Å². The monoisotopic (exact) mass is 419 g/mol. The SMILES string of the molecule is O=C(NCc1ccccn1)c1ccc(Cl)c(NS(=O)(=O)c2ccc(F)cc2)c1. The lowest BCUT2D eigenvalue weighted by atomic mass is 10.2. The molecule has 0 radical (unpaired) electrons. The van der Waals surface area contributed by atoms with E-state index in [1.54, 1.807) is 24.4 Å². The predicted octanol–water partition coefficient (Wildman–Crippen LogP) is 3.60. The number of hydrogen-bond acceptors (Lipinski definition) is 4. The van der Waals surface area contributed by atoms with E-state index in [0.717, 1.165) is 24.3 Å². The number of rotatable bonds is 6. The fraction of sp³-hybridized carbons (Fsp3) is 0.0526. The van der Waals surface area contributed by atoms with Crippen LogP contribution in [0.1, 0.15) is 16.1 Å². The van der Waals surface area contributed by atoms with E-state index in [4.69, 9.17) is 11.6 Å². The summed E-state index contributed by atoms with van der Waals surface area (Å²) in [5, 5.41) is 2.82. The molecule has 0 unspecified atom stereocenters. The number of benzene rings is 2. The first-order valence-corrected chi connectivity index (χ1v) is 9.97. The van der Waals surface area contributed by atoms with Gasteiger partial charge in [-0.3, -0.25) is 14.5 Å². The minimum absolute atomic E-state index is 0.0384. The third-order valence-electron chi connectivity index (χ3n) is 3.75. The Bertz CT molecular complexity index is 1090. The third kappa shape index (κ3) is 4.85. The number of hydrogen-bond donors (Lipinski definition) is 2. The average Bonchev–Trinajstić information content (AvgIpc) is 2.69. The summed E-state index contributed by atoms with van der Waals surface area (Å²) in [7, 11) is -3.99. The molecule has 0 aliphatic heterocycles. The molecule has 144 valence electrons. The first-order valence-electron chi connectivity index (χ1n) is 8.11. The van der Waals surface area contributed by atoms with Gasteiger partial charge < -0.3 is 5.32 Å². The van der Waals surface area contributed by atoms with Gasteiger partial charge in [-0.1, -0.05) is 17.7 Å². The van der Waals surface area contributed by atoms with E-state index in [2.05, 4.69) is 15.0 Å². The van der Waals surface area contributed by atoms with Crippen LogP contribution in [0.3, 0.4) is 0 Å². The molecule has 0 aliphatic carbocycles. The Hall–Kier alpha value is -2.97.